The third-order valence-corrected chi connectivity index (χ3v) is 29.0. The number of halogens is 2. The maximum absolute atomic E-state index is 7.15. The Hall–Kier alpha value is -7.84. The van der Waals surface area contributed by atoms with Crippen molar-refractivity contribution in [2.75, 3.05) is 5.33 Å². The first-order chi connectivity index (χ1) is 47.2. The molecule has 0 radical (unpaired) electrons. The zero-order valence-electron chi connectivity index (χ0n) is 58.1. The third kappa shape index (κ3) is 20.6. The Balaban J connectivity index is 0.000000213. The lowest BCUT2D eigenvalue weighted by molar-refractivity contribution is 0.0272. The molecular formula is C84H92BrIO10Si2. The third-order valence-electron chi connectivity index (χ3n) is 18.3. The molecule has 98 heavy (non-hydrogen) atoms. The van der Waals surface area contributed by atoms with Gasteiger partial charge >= 0.3 is 0 Å². The van der Waals surface area contributed by atoms with Crippen LogP contribution in [0.15, 0.2) is 255 Å². The monoisotopic (exact) mass is 1520 g/mol. The first kappa shape index (κ1) is 72.9. The Morgan fingerprint density at radius 1 is 0.429 bits per heavy atom. The molecule has 0 saturated heterocycles. The van der Waals surface area contributed by atoms with Gasteiger partial charge in [-0.3, -0.25) is 0 Å². The van der Waals surface area contributed by atoms with Crippen LogP contribution >= 0.6 is 38.5 Å². The molecule has 0 saturated carbocycles. The Bertz CT molecular complexity index is 4050. The fourth-order valence-corrected chi connectivity index (χ4v) is 14.5. The van der Waals surface area contributed by atoms with Gasteiger partial charge in [-0.15, -0.1) is 0 Å². The first-order valence-corrected chi connectivity index (χ1v) is 41.6. The van der Waals surface area contributed by atoms with Gasteiger partial charge in [0.05, 0.1) is 15.8 Å². The zero-order chi connectivity index (χ0) is 69.1. The summed E-state index contributed by atoms with van der Waals surface area (Å²) in [5.41, 5.74) is 9.63. The summed E-state index contributed by atoms with van der Waals surface area (Å²) in [7, 11) is -4.35. The highest BCUT2D eigenvalue weighted by Crippen LogP contribution is 2.48. The zero-order valence-corrected chi connectivity index (χ0v) is 63.8. The highest BCUT2D eigenvalue weighted by molar-refractivity contribution is 14.1. The molecule has 0 spiro atoms. The lowest BCUT2D eigenvalue weighted by Gasteiger charge is -2.43. The van der Waals surface area contributed by atoms with Gasteiger partial charge in [-0.05, 0) is 128 Å². The first-order valence-electron chi connectivity index (χ1n) is 33.6. The molecule has 0 aliphatic carbocycles. The molecule has 0 aromatic heterocycles. The van der Waals surface area contributed by atoms with E-state index in [1.807, 2.05) is 158 Å². The predicted molar refractivity (Wildman–Crippen MR) is 412 cm³/mol. The average Bonchev–Trinajstić information content (AvgIpc) is 0.770. The van der Waals surface area contributed by atoms with Crippen LogP contribution < -0.4 is 37.9 Å². The van der Waals surface area contributed by atoms with Gasteiger partial charge in [-0.2, -0.15) is 0 Å². The molecule has 0 fully saturated rings. The smallest absolute Gasteiger partial charge is 0.192 e. The number of hydrogen-bond donors (Lipinski definition) is 0. The predicted octanol–water partition coefficient (Wildman–Crippen LogP) is 22.4. The molecule has 10 aromatic carbocycles. The summed E-state index contributed by atoms with van der Waals surface area (Å²) >= 11 is 6.12. The van der Waals surface area contributed by atoms with Gasteiger partial charge in [-0.1, -0.05) is 264 Å². The lowest BCUT2D eigenvalue weighted by Crippen LogP contribution is -2.47. The molecule has 4 atom stereocenters. The van der Waals surface area contributed by atoms with Crippen molar-refractivity contribution in [3.63, 3.8) is 0 Å². The van der Waals surface area contributed by atoms with Crippen molar-refractivity contribution in [2.45, 2.75) is 148 Å². The van der Waals surface area contributed by atoms with Crippen molar-refractivity contribution >= 4 is 55.2 Å². The SMILES string of the molecule is CC(C)(C)[Si](C)(C)O[C@@H]1Cc2c(OCc3ccccc3)cc(OCc3ccccc3)cc2O[C@H]1c1ccc(OCc2ccccc2)cc1.CC(C)(C)[Si](C)(C)O[C@H](CBr)[C@@H](Oc1cc(OCc2ccccc2)cc(OCc2ccccc2)c1I)c1ccc(OCc2ccccc2)cc1. The molecule has 10 nitrogen and oxygen atoms in total. The lowest BCUT2D eigenvalue weighted by atomic mass is 9.94. The number of fused-ring (bicyclic) bond motifs is 1. The van der Waals surface area contributed by atoms with Crippen LogP contribution in [0.25, 0.3) is 0 Å². The van der Waals surface area contributed by atoms with Crippen LogP contribution in [0.5, 0.6) is 46.0 Å². The molecular weight excluding hydrogens is 1430 g/mol. The second-order valence-corrected chi connectivity index (χ2v) is 38.9. The Labute approximate surface area is 605 Å². The van der Waals surface area contributed by atoms with Crippen LogP contribution in [-0.2, 0) is 54.9 Å². The van der Waals surface area contributed by atoms with E-state index in [1.54, 1.807) is 0 Å². The summed E-state index contributed by atoms with van der Waals surface area (Å²) in [6.07, 6.45) is -0.579. The molecule has 0 amide bonds. The summed E-state index contributed by atoms with van der Waals surface area (Å²) in [5.74, 6) is 5.84. The molecule has 1 aliphatic heterocycles. The molecule has 1 heterocycles. The molecule has 11 rings (SSSR count). The van der Waals surface area contributed by atoms with E-state index < -0.39 is 22.7 Å². The van der Waals surface area contributed by atoms with Crippen molar-refractivity contribution in [3.8, 4) is 46.0 Å². The van der Waals surface area contributed by atoms with Gasteiger partial charge in [0.1, 0.15) is 97.8 Å². The van der Waals surface area contributed by atoms with Crippen LogP contribution in [-0.4, -0.2) is 34.2 Å². The van der Waals surface area contributed by atoms with Gasteiger partial charge in [0.15, 0.2) is 16.6 Å². The molecule has 510 valence electrons. The minimum absolute atomic E-state index is 0.0190. The highest BCUT2D eigenvalue weighted by atomic mass is 127. The molecule has 0 bridgehead atoms. The van der Waals surface area contributed by atoms with Crippen molar-refractivity contribution in [1.29, 1.82) is 0 Å². The van der Waals surface area contributed by atoms with E-state index in [2.05, 4.69) is 203 Å². The fraction of sp³-hybridized carbons (Fsp3) is 0.286. The van der Waals surface area contributed by atoms with Gasteiger partial charge in [0.2, 0.25) is 0 Å². The normalized spacial score (nSPS) is 14.4. The van der Waals surface area contributed by atoms with E-state index in [-0.39, 0.29) is 28.4 Å². The number of benzene rings is 10. The largest absolute Gasteiger partial charge is 0.489 e. The van der Waals surface area contributed by atoms with Gasteiger partial charge in [0, 0.05) is 41.6 Å². The number of alkyl halides is 1. The van der Waals surface area contributed by atoms with Crippen molar-refractivity contribution in [3.05, 3.63) is 308 Å². The van der Waals surface area contributed by atoms with Crippen LogP contribution in [0.1, 0.15) is 104 Å². The summed E-state index contributed by atoms with van der Waals surface area (Å²) in [6, 6.07) is 85.4. The van der Waals surface area contributed by atoms with E-state index in [9.17, 15) is 0 Å². The van der Waals surface area contributed by atoms with E-state index in [1.165, 1.54) is 0 Å². The number of hydrogen-bond acceptors (Lipinski definition) is 10. The summed E-state index contributed by atoms with van der Waals surface area (Å²) in [4.78, 5) is 0. The van der Waals surface area contributed by atoms with Crippen LogP contribution in [0, 0.1) is 3.57 Å². The Morgan fingerprint density at radius 3 is 1.19 bits per heavy atom. The van der Waals surface area contributed by atoms with E-state index >= 15 is 0 Å². The summed E-state index contributed by atoms with van der Waals surface area (Å²) in [6.45, 7) is 25.5. The fourth-order valence-electron chi connectivity index (χ4n) is 10.6. The minimum Gasteiger partial charge on any atom is -0.489 e. The quantitative estimate of drug-likeness (QED) is 0.0268. The van der Waals surface area contributed by atoms with E-state index in [0.29, 0.717) is 74.4 Å². The van der Waals surface area contributed by atoms with Gasteiger partial charge in [-0.25, -0.2) is 0 Å². The second kappa shape index (κ2) is 34.3. The molecule has 10 aromatic rings. The van der Waals surface area contributed by atoms with Crippen molar-refractivity contribution < 1.29 is 46.7 Å². The van der Waals surface area contributed by atoms with E-state index in [4.69, 9.17) is 46.7 Å². The minimum atomic E-state index is -2.18. The number of ether oxygens (including phenoxy) is 8. The van der Waals surface area contributed by atoms with Gasteiger partial charge < -0.3 is 46.7 Å². The van der Waals surface area contributed by atoms with Crippen LogP contribution in [0.2, 0.25) is 36.3 Å². The standard InChI is InChI=1S/C42H46BrIO5Si.C42H46O5Si/c1-42(2,3)50(4,5)49-39(27-43)41(34-21-23-35(24-22-34)45-28-31-15-9-6-10-16-31)48-38-26-36(46-29-32-17-11-7-12-18-32)25-37(40(38)44)47-30-33-19-13-8-14-20-33;1-42(2,3)48(4,5)47-40-27-37-38(45-30-33-19-13-8-14-20-33)25-36(44-29-32-17-11-7-12-18-32)26-39(37)46-41(40)34-21-23-35(24-22-34)43-28-31-15-9-6-10-16-31/h6-26,39,41H,27-30H2,1-5H3;6-26,40-41H,27-30H2,1-5H3/t39-,41+;40-,41+/m11/s1. The Morgan fingerprint density at radius 2 is 0.786 bits per heavy atom. The van der Waals surface area contributed by atoms with Crippen LogP contribution in [0.4, 0.5) is 0 Å². The summed E-state index contributed by atoms with van der Waals surface area (Å²) < 4.78 is 66.9. The molecule has 14 heteroatoms. The highest BCUT2D eigenvalue weighted by Gasteiger charge is 2.45. The van der Waals surface area contributed by atoms with Crippen molar-refractivity contribution in [1.82, 2.24) is 0 Å². The maximum atomic E-state index is 7.15. The average molecular weight is 1520 g/mol. The Kier molecular flexibility index (Phi) is 25.5. The maximum Gasteiger partial charge on any atom is 0.192 e. The topological polar surface area (TPSA) is 92.3 Å². The van der Waals surface area contributed by atoms with Crippen LogP contribution in [0.3, 0.4) is 0 Å². The second-order valence-electron chi connectivity index (χ2n) is 27.7. The summed E-state index contributed by atoms with van der Waals surface area (Å²) in [5, 5.41) is 0.647. The molecule has 0 N–H and O–H groups in total. The molecule has 1 aliphatic rings. The van der Waals surface area contributed by atoms with Crippen molar-refractivity contribution in [2.24, 2.45) is 0 Å². The molecule has 0 unspecified atom stereocenters. The van der Waals surface area contributed by atoms with E-state index in [0.717, 1.165) is 76.6 Å². The number of rotatable bonds is 28. The van der Waals surface area contributed by atoms with Gasteiger partial charge in [0.25, 0.3) is 0 Å².